The van der Waals surface area contributed by atoms with Gasteiger partial charge in [-0.05, 0) is 12.3 Å². The number of ether oxygens (including phenoxy) is 1. The fourth-order valence-electron chi connectivity index (χ4n) is 0.454. The van der Waals surface area contributed by atoms with Crippen molar-refractivity contribution in [2.45, 2.75) is 20.3 Å². The van der Waals surface area contributed by atoms with E-state index in [0.717, 1.165) is 12.5 Å². The standard InChI is InChI=1S/C8H14O2.C3H4O2/c1-4-8(9)10-6-5-7(2)3;1-2-3(4)5/h4,7H,1,5-6H2,2-3H3;2H,1H2,(H,4,5). The van der Waals surface area contributed by atoms with E-state index in [1.54, 1.807) is 0 Å². The van der Waals surface area contributed by atoms with Gasteiger partial charge in [0, 0.05) is 12.2 Å². The number of carbonyl (C=O) groups is 2. The zero-order chi connectivity index (χ0) is 12.3. The van der Waals surface area contributed by atoms with Gasteiger partial charge in [0.2, 0.25) is 0 Å². The summed E-state index contributed by atoms with van der Waals surface area (Å²) in [6, 6.07) is 0. The first-order chi connectivity index (χ1) is 6.93. The number of aliphatic carboxylic acids is 1. The van der Waals surface area contributed by atoms with E-state index in [1.165, 1.54) is 6.08 Å². The summed E-state index contributed by atoms with van der Waals surface area (Å²) in [5.74, 6) is -0.733. The van der Waals surface area contributed by atoms with E-state index in [-0.39, 0.29) is 5.97 Å². The molecule has 0 saturated carbocycles. The van der Waals surface area contributed by atoms with Crippen molar-refractivity contribution in [2.75, 3.05) is 6.61 Å². The molecule has 0 fully saturated rings. The van der Waals surface area contributed by atoms with Crippen molar-refractivity contribution in [1.29, 1.82) is 0 Å². The van der Waals surface area contributed by atoms with Gasteiger partial charge in [0.05, 0.1) is 6.61 Å². The van der Waals surface area contributed by atoms with Crippen LogP contribution in [0.5, 0.6) is 0 Å². The van der Waals surface area contributed by atoms with Gasteiger partial charge in [0.15, 0.2) is 0 Å². The molecule has 0 aromatic carbocycles. The highest BCUT2D eigenvalue weighted by Crippen LogP contribution is 1.98. The molecule has 0 heterocycles. The number of carboxylic acids is 1. The number of carbonyl (C=O) groups excluding carboxylic acids is 1. The third-order valence-corrected chi connectivity index (χ3v) is 1.28. The first-order valence-electron chi connectivity index (χ1n) is 4.58. The average Bonchev–Trinajstić information content (AvgIpc) is 2.17. The van der Waals surface area contributed by atoms with Gasteiger partial charge in [0.1, 0.15) is 0 Å². The molecule has 4 heteroatoms. The fraction of sp³-hybridized carbons (Fsp3) is 0.455. The van der Waals surface area contributed by atoms with Gasteiger partial charge in [-0.2, -0.15) is 0 Å². The quantitative estimate of drug-likeness (QED) is 0.561. The minimum absolute atomic E-state index is 0.333. The Kier molecular flexibility index (Phi) is 11.1. The van der Waals surface area contributed by atoms with Crippen LogP contribution in [-0.2, 0) is 14.3 Å². The number of hydrogen-bond acceptors (Lipinski definition) is 3. The minimum atomic E-state index is -0.981. The van der Waals surface area contributed by atoms with Gasteiger partial charge in [-0.15, -0.1) is 0 Å². The Balaban J connectivity index is 0. The van der Waals surface area contributed by atoms with Crippen LogP contribution in [0.25, 0.3) is 0 Å². The van der Waals surface area contributed by atoms with Gasteiger partial charge in [-0.1, -0.05) is 27.0 Å². The van der Waals surface area contributed by atoms with Crippen molar-refractivity contribution in [3.63, 3.8) is 0 Å². The lowest BCUT2D eigenvalue weighted by Gasteiger charge is -2.03. The lowest BCUT2D eigenvalue weighted by atomic mass is 10.1. The van der Waals surface area contributed by atoms with E-state index in [2.05, 4.69) is 27.0 Å². The molecule has 0 aliphatic heterocycles. The molecule has 0 aromatic heterocycles. The van der Waals surface area contributed by atoms with Crippen molar-refractivity contribution >= 4 is 11.9 Å². The SMILES string of the molecule is C=CC(=O)O.C=CC(=O)OCCC(C)C. The molecule has 0 aliphatic carbocycles. The van der Waals surface area contributed by atoms with E-state index in [1.807, 2.05) is 0 Å². The maximum absolute atomic E-state index is 10.5. The van der Waals surface area contributed by atoms with Gasteiger partial charge in [-0.3, -0.25) is 0 Å². The summed E-state index contributed by atoms with van der Waals surface area (Å²) in [5, 5.41) is 7.60. The summed E-state index contributed by atoms with van der Waals surface area (Å²) < 4.78 is 4.74. The van der Waals surface area contributed by atoms with Crippen LogP contribution in [0.1, 0.15) is 20.3 Å². The summed E-state index contributed by atoms with van der Waals surface area (Å²) in [4.78, 5) is 19.7. The molecule has 0 unspecified atom stereocenters. The number of rotatable bonds is 5. The minimum Gasteiger partial charge on any atom is -0.478 e. The van der Waals surface area contributed by atoms with Crippen LogP contribution >= 0.6 is 0 Å². The Morgan fingerprint density at radius 1 is 1.33 bits per heavy atom. The molecule has 1 N–H and O–H groups in total. The number of hydrogen-bond donors (Lipinski definition) is 1. The Morgan fingerprint density at radius 3 is 2.07 bits per heavy atom. The molecule has 0 spiro atoms. The lowest BCUT2D eigenvalue weighted by Crippen LogP contribution is -2.03. The van der Waals surface area contributed by atoms with Gasteiger partial charge in [-0.25, -0.2) is 9.59 Å². The van der Waals surface area contributed by atoms with Gasteiger partial charge in [0.25, 0.3) is 0 Å². The highest BCUT2D eigenvalue weighted by atomic mass is 16.5. The average molecular weight is 214 g/mol. The maximum Gasteiger partial charge on any atom is 0.330 e. The van der Waals surface area contributed by atoms with Crippen LogP contribution in [0, 0.1) is 5.92 Å². The highest BCUT2D eigenvalue weighted by Gasteiger charge is 1.96. The zero-order valence-corrected chi connectivity index (χ0v) is 9.23. The first kappa shape index (κ1) is 15.9. The normalized spacial score (nSPS) is 8.47. The van der Waals surface area contributed by atoms with Crippen LogP contribution in [0.2, 0.25) is 0 Å². The van der Waals surface area contributed by atoms with E-state index >= 15 is 0 Å². The third kappa shape index (κ3) is 19.0. The zero-order valence-electron chi connectivity index (χ0n) is 9.23. The van der Waals surface area contributed by atoms with Crippen molar-refractivity contribution in [2.24, 2.45) is 5.92 Å². The fourth-order valence-corrected chi connectivity index (χ4v) is 0.454. The van der Waals surface area contributed by atoms with Gasteiger partial charge >= 0.3 is 11.9 Å². The Labute approximate surface area is 90.2 Å². The van der Waals surface area contributed by atoms with E-state index in [4.69, 9.17) is 9.84 Å². The molecule has 0 atom stereocenters. The van der Waals surface area contributed by atoms with Crippen molar-refractivity contribution < 1.29 is 19.4 Å². The number of esters is 1. The summed E-state index contributed by atoms with van der Waals surface area (Å²) >= 11 is 0. The molecule has 0 aromatic rings. The molecule has 0 radical (unpaired) electrons. The number of carboxylic acid groups (broad SMARTS) is 1. The summed E-state index contributed by atoms with van der Waals surface area (Å²) in [6.45, 7) is 10.9. The van der Waals surface area contributed by atoms with Crippen molar-refractivity contribution in [1.82, 2.24) is 0 Å². The first-order valence-corrected chi connectivity index (χ1v) is 4.58. The monoisotopic (exact) mass is 214 g/mol. The molecule has 0 amide bonds. The predicted molar refractivity (Wildman–Crippen MR) is 58.4 cm³/mol. The van der Waals surface area contributed by atoms with Crippen LogP contribution in [0.15, 0.2) is 25.3 Å². The smallest absolute Gasteiger partial charge is 0.330 e. The molecule has 0 aliphatic rings. The molecule has 86 valence electrons. The molecule has 0 rings (SSSR count). The highest BCUT2D eigenvalue weighted by molar-refractivity contribution is 5.81. The van der Waals surface area contributed by atoms with E-state index < -0.39 is 5.97 Å². The third-order valence-electron chi connectivity index (χ3n) is 1.28. The van der Waals surface area contributed by atoms with Crippen LogP contribution < -0.4 is 0 Å². The predicted octanol–water partition coefficient (Wildman–Crippen LogP) is 2.02. The lowest BCUT2D eigenvalue weighted by molar-refractivity contribution is -0.138. The van der Waals surface area contributed by atoms with Crippen molar-refractivity contribution in [3.05, 3.63) is 25.3 Å². The molecule has 15 heavy (non-hydrogen) atoms. The second-order valence-corrected chi connectivity index (χ2v) is 3.10. The van der Waals surface area contributed by atoms with Crippen molar-refractivity contribution in [3.8, 4) is 0 Å². The molecular formula is C11H18O4. The van der Waals surface area contributed by atoms with Crippen LogP contribution in [0.4, 0.5) is 0 Å². The van der Waals surface area contributed by atoms with E-state index in [0.29, 0.717) is 12.5 Å². The molecule has 4 nitrogen and oxygen atoms in total. The second kappa shape index (κ2) is 10.5. The topological polar surface area (TPSA) is 63.6 Å². The van der Waals surface area contributed by atoms with E-state index in [9.17, 15) is 9.59 Å². The second-order valence-electron chi connectivity index (χ2n) is 3.10. The summed E-state index contributed by atoms with van der Waals surface area (Å²) in [7, 11) is 0. The maximum atomic E-state index is 10.5. The Morgan fingerprint density at radius 2 is 1.80 bits per heavy atom. The summed E-state index contributed by atoms with van der Waals surface area (Å²) in [6.07, 6.45) is 2.93. The largest absolute Gasteiger partial charge is 0.478 e. The summed E-state index contributed by atoms with van der Waals surface area (Å²) in [5.41, 5.74) is 0. The Hall–Kier alpha value is -1.58. The van der Waals surface area contributed by atoms with Crippen LogP contribution in [-0.4, -0.2) is 23.7 Å². The molecular weight excluding hydrogens is 196 g/mol. The van der Waals surface area contributed by atoms with Crippen LogP contribution in [0.3, 0.4) is 0 Å². The molecule has 0 saturated heterocycles. The molecule has 0 bridgehead atoms. The Bertz CT molecular complexity index is 219. The van der Waals surface area contributed by atoms with Gasteiger partial charge < -0.3 is 9.84 Å².